The van der Waals surface area contributed by atoms with Crippen LogP contribution in [0, 0.1) is 5.82 Å². The van der Waals surface area contributed by atoms with E-state index in [0.717, 1.165) is 6.07 Å². The molecule has 2 aromatic carbocycles. The van der Waals surface area contributed by atoms with Crippen molar-refractivity contribution in [3.8, 4) is 5.75 Å². The van der Waals surface area contributed by atoms with Crippen LogP contribution in [0.15, 0.2) is 36.4 Å². The molecule has 0 spiro atoms. The van der Waals surface area contributed by atoms with Crippen molar-refractivity contribution in [1.82, 2.24) is 0 Å². The zero-order valence-electron chi connectivity index (χ0n) is 10.8. The van der Waals surface area contributed by atoms with Gasteiger partial charge in [-0.2, -0.15) is 0 Å². The van der Waals surface area contributed by atoms with Gasteiger partial charge in [-0.1, -0.05) is 35.3 Å². The van der Waals surface area contributed by atoms with Crippen LogP contribution in [0.4, 0.5) is 4.39 Å². The lowest BCUT2D eigenvalue weighted by Crippen LogP contribution is -2.06. The molecule has 0 saturated heterocycles. The first-order valence-corrected chi connectivity index (χ1v) is 6.62. The molecule has 0 fully saturated rings. The quantitative estimate of drug-likeness (QED) is 0.480. The molecule has 0 radical (unpaired) electrons. The van der Waals surface area contributed by atoms with Crippen LogP contribution in [-0.4, -0.2) is 11.8 Å². The van der Waals surface area contributed by atoms with Crippen LogP contribution in [0.1, 0.15) is 22.8 Å². The summed E-state index contributed by atoms with van der Waals surface area (Å²) in [7, 11) is 0. The third-order valence-corrected chi connectivity index (χ3v) is 3.50. The van der Waals surface area contributed by atoms with E-state index in [4.69, 9.17) is 27.9 Å². The summed E-state index contributed by atoms with van der Waals surface area (Å²) in [6.45, 7) is 1.22. The van der Waals surface area contributed by atoms with E-state index in [1.807, 2.05) is 0 Å². The standard InChI is InChI=1S/C15H9Cl2FO3/c1-8(19)21-12-6-5-11(13(16)14(12)17)15(20)9-3-2-4-10(18)7-9/h2-7H,1H3. The summed E-state index contributed by atoms with van der Waals surface area (Å²) in [5.41, 5.74) is 0.247. The Hall–Kier alpha value is -1.91. The molecule has 0 amide bonds. The molecule has 0 unspecified atom stereocenters. The molecule has 0 atom stereocenters. The summed E-state index contributed by atoms with van der Waals surface area (Å²) in [6.07, 6.45) is 0. The molecule has 2 aromatic rings. The highest BCUT2D eigenvalue weighted by Crippen LogP contribution is 2.35. The van der Waals surface area contributed by atoms with Crippen molar-refractivity contribution in [3.05, 3.63) is 63.4 Å². The average molecular weight is 327 g/mol. The third-order valence-electron chi connectivity index (χ3n) is 2.63. The zero-order chi connectivity index (χ0) is 15.6. The Morgan fingerprint density at radius 3 is 2.43 bits per heavy atom. The molecule has 0 N–H and O–H groups in total. The van der Waals surface area contributed by atoms with Crippen LogP contribution in [0.3, 0.4) is 0 Å². The Bertz CT molecular complexity index is 729. The molecule has 21 heavy (non-hydrogen) atoms. The number of carbonyl (C=O) groups excluding carboxylic acids is 2. The topological polar surface area (TPSA) is 43.4 Å². The maximum Gasteiger partial charge on any atom is 0.308 e. The first-order chi connectivity index (χ1) is 9.90. The first-order valence-electron chi connectivity index (χ1n) is 5.87. The summed E-state index contributed by atoms with van der Waals surface area (Å²) < 4.78 is 18.0. The smallest absolute Gasteiger partial charge is 0.308 e. The molecule has 3 nitrogen and oxygen atoms in total. The van der Waals surface area contributed by atoms with Gasteiger partial charge in [0, 0.05) is 18.1 Å². The van der Waals surface area contributed by atoms with Gasteiger partial charge in [0.25, 0.3) is 0 Å². The predicted octanol–water partition coefficient (Wildman–Crippen LogP) is 4.29. The summed E-state index contributed by atoms with van der Waals surface area (Å²) >= 11 is 12.0. The van der Waals surface area contributed by atoms with E-state index in [-0.39, 0.29) is 26.9 Å². The monoisotopic (exact) mass is 326 g/mol. The van der Waals surface area contributed by atoms with Crippen LogP contribution in [0.2, 0.25) is 10.0 Å². The number of ketones is 1. The van der Waals surface area contributed by atoms with Gasteiger partial charge in [-0.15, -0.1) is 0 Å². The maximum atomic E-state index is 13.2. The van der Waals surface area contributed by atoms with Crippen molar-refractivity contribution >= 4 is 35.0 Å². The lowest BCUT2D eigenvalue weighted by atomic mass is 10.0. The minimum Gasteiger partial charge on any atom is -0.425 e. The Morgan fingerprint density at radius 1 is 1.10 bits per heavy atom. The highest BCUT2D eigenvalue weighted by Gasteiger charge is 2.19. The van der Waals surface area contributed by atoms with Gasteiger partial charge in [0.15, 0.2) is 11.5 Å². The van der Waals surface area contributed by atoms with Crippen LogP contribution >= 0.6 is 23.2 Å². The fourth-order valence-corrected chi connectivity index (χ4v) is 2.17. The van der Waals surface area contributed by atoms with Crippen molar-refractivity contribution in [3.63, 3.8) is 0 Å². The molecular weight excluding hydrogens is 318 g/mol. The molecule has 0 bridgehead atoms. The van der Waals surface area contributed by atoms with Gasteiger partial charge >= 0.3 is 5.97 Å². The molecular formula is C15H9Cl2FO3. The van der Waals surface area contributed by atoms with Crippen molar-refractivity contribution in [2.75, 3.05) is 0 Å². The second kappa shape index (κ2) is 6.24. The molecule has 2 rings (SSSR count). The number of benzene rings is 2. The van der Waals surface area contributed by atoms with Gasteiger partial charge in [0.05, 0.1) is 5.02 Å². The number of halogens is 3. The number of hydrogen-bond donors (Lipinski definition) is 0. The van der Waals surface area contributed by atoms with E-state index < -0.39 is 17.6 Å². The predicted molar refractivity (Wildman–Crippen MR) is 77.6 cm³/mol. The van der Waals surface area contributed by atoms with E-state index in [2.05, 4.69) is 0 Å². The first kappa shape index (κ1) is 15.5. The summed E-state index contributed by atoms with van der Waals surface area (Å²) in [5, 5.41) is -0.0983. The molecule has 0 saturated carbocycles. The average Bonchev–Trinajstić information content (AvgIpc) is 2.43. The third kappa shape index (κ3) is 3.40. The Kier molecular flexibility index (Phi) is 4.60. The SMILES string of the molecule is CC(=O)Oc1ccc(C(=O)c2cccc(F)c2)c(Cl)c1Cl. The highest BCUT2D eigenvalue weighted by molar-refractivity contribution is 6.45. The summed E-state index contributed by atoms with van der Waals surface area (Å²) in [4.78, 5) is 23.2. The molecule has 0 aromatic heterocycles. The second-order valence-electron chi connectivity index (χ2n) is 4.17. The minimum atomic E-state index is -0.558. The van der Waals surface area contributed by atoms with Gasteiger partial charge in [-0.3, -0.25) is 9.59 Å². The van der Waals surface area contributed by atoms with Gasteiger partial charge < -0.3 is 4.74 Å². The van der Waals surface area contributed by atoms with Crippen molar-refractivity contribution in [1.29, 1.82) is 0 Å². The van der Waals surface area contributed by atoms with Gasteiger partial charge in [0.2, 0.25) is 0 Å². The highest BCUT2D eigenvalue weighted by atomic mass is 35.5. The van der Waals surface area contributed by atoms with Gasteiger partial charge in [-0.05, 0) is 24.3 Å². The lowest BCUT2D eigenvalue weighted by Gasteiger charge is -2.09. The largest absolute Gasteiger partial charge is 0.425 e. The number of rotatable bonds is 3. The number of esters is 1. The molecule has 0 heterocycles. The second-order valence-corrected chi connectivity index (χ2v) is 4.93. The van der Waals surface area contributed by atoms with Crippen molar-refractivity contribution in [2.24, 2.45) is 0 Å². The number of hydrogen-bond acceptors (Lipinski definition) is 3. The fraction of sp³-hybridized carbons (Fsp3) is 0.0667. The molecule has 108 valence electrons. The molecule has 0 aliphatic carbocycles. The lowest BCUT2D eigenvalue weighted by molar-refractivity contribution is -0.131. The summed E-state index contributed by atoms with van der Waals surface area (Å²) in [6, 6.07) is 7.96. The van der Waals surface area contributed by atoms with E-state index in [0.29, 0.717) is 0 Å². The van der Waals surface area contributed by atoms with Gasteiger partial charge in [0.1, 0.15) is 10.8 Å². The Morgan fingerprint density at radius 2 is 1.81 bits per heavy atom. The van der Waals surface area contributed by atoms with E-state index >= 15 is 0 Å². The normalized spacial score (nSPS) is 10.3. The molecule has 0 aliphatic rings. The van der Waals surface area contributed by atoms with Crippen LogP contribution in [-0.2, 0) is 4.79 Å². The molecule has 0 aliphatic heterocycles. The zero-order valence-corrected chi connectivity index (χ0v) is 12.3. The van der Waals surface area contributed by atoms with Crippen LogP contribution in [0.25, 0.3) is 0 Å². The van der Waals surface area contributed by atoms with Gasteiger partial charge in [-0.25, -0.2) is 4.39 Å². The van der Waals surface area contributed by atoms with E-state index in [9.17, 15) is 14.0 Å². The Balaban J connectivity index is 2.43. The maximum absolute atomic E-state index is 13.2. The minimum absolute atomic E-state index is 0.0471. The summed E-state index contributed by atoms with van der Waals surface area (Å²) in [5.74, 6) is -1.50. The van der Waals surface area contributed by atoms with Crippen LogP contribution < -0.4 is 4.74 Å². The molecule has 6 heteroatoms. The van der Waals surface area contributed by atoms with E-state index in [1.165, 1.54) is 37.3 Å². The Labute approximate surface area is 130 Å². The van der Waals surface area contributed by atoms with Crippen molar-refractivity contribution < 1.29 is 18.7 Å². The van der Waals surface area contributed by atoms with Crippen LogP contribution in [0.5, 0.6) is 5.75 Å². The van der Waals surface area contributed by atoms with E-state index in [1.54, 1.807) is 0 Å². The van der Waals surface area contributed by atoms with Crippen molar-refractivity contribution in [2.45, 2.75) is 6.92 Å². The fourth-order valence-electron chi connectivity index (χ4n) is 1.73. The number of ether oxygens (including phenoxy) is 1. The number of carbonyl (C=O) groups is 2.